The monoisotopic (exact) mass is 326 g/mol. The van der Waals surface area contributed by atoms with E-state index >= 15 is 0 Å². The third kappa shape index (κ3) is 4.43. The van der Waals surface area contributed by atoms with Crippen LogP contribution in [-0.2, 0) is 4.74 Å². The largest absolute Gasteiger partial charge is 0.386 e. The molecule has 0 aliphatic rings. The fourth-order valence-corrected chi connectivity index (χ4v) is 2.48. The lowest BCUT2D eigenvalue weighted by molar-refractivity contribution is -0.00887. The van der Waals surface area contributed by atoms with Crippen LogP contribution in [0.4, 0.5) is 0 Å². The maximum atomic E-state index is 10.0. The molecule has 0 unspecified atom stereocenters. The minimum Gasteiger partial charge on any atom is -0.386 e. The highest BCUT2D eigenvalue weighted by Gasteiger charge is 2.14. The molecule has 21 heavy (non-hydrogen) atoms. The number of aliphatic hydroxyl groups excluding tert-OH is 2. The van der Waals surface area contributed by atoms with Crippen LogP contribution in [0.15, 0.2) is 48.5 Å². The van der Waals surface area contributed by atoms with Crippen LogP contribution in [0.25, 0.3) is 0 Å². The van der Waals surface area contributed by atoms with Gasteiger partial charge in [-0.3, -0.25) is 0 Å². The summed E-state index contributed by atoms with van der Waals surface area (Å²) in [6.07, 6.45) is -1.67. The van der Waals surface area contributed by atoms with Crippen LogP contribution in [0, 0.1) is 0 Å². The summed E-state index contributed by atoms with van der Waals surface area (Å²) < 4.78 is 5.36. The summed E-state index contributed by atoms with van der Waals surface area (Å²) in [5.41, 5.74) is 1.21. The van der Waals surface area contributed by atoms with E-state index in [-0.39, 0.29) is 13.2 Å². The Morgan fingerprint density at radius 1 is 0.762 bits per heavy atom. The van der Waals surface area contributed by atoms with Gasteiger partial charge in [-0.15, -0.1) is 0 Å². The number of halogens is 2. The molecule has 0 heterocycles. The molecule has 0 fully saturated rings. The van der Waals surface area contributed by atoms with E-state index in [2.05, 4.69) is 0 Å². The van der Waals surface area contributed by atoms with Gasteiger partial charge >= 0.3 is 0 Å². The Hall–Kier alpha value is -1.10. The van der Waals surface area contributed by atoms with E-state index in [0.717, 1.165) is 0 Å². The first kappa shape index (κ1) is 16.3. The van der Waals surface area contributed by atoms with Crippen molar-refractivity contribution >= 4 is 23.2 Å². The molecule has 2 aromatic rings. The van der Waals surface area contributed by atoms with Crippen LogP contribution in [0.3, 0.4) is 0 Å². The smallest absolute Gasteiger partial charge is 0.104 e. The minimum atomic E-state index is -0.836. The number of aliphatic hydroxyl groups is 2. The van der Waals surface area contributed by atoms with Gasteiger partial charge in [0.25, 0.3) is 0 Å². The van der Waals surface area contributed by atoms with Gasteiger partial charge in [0.15, 0.2) is 0 Å². The van der Waals surface area contributed by atoms with Crippen molar-refractivity contribution in [1.29, 1.82) is 0 Å². The lowest BCUT2D eigenvalue weighted by atomic mass is 10.1. The van der Waals surface area contributed by atoms with Crippen molar-refractivity contribution in [2.45, 2.75) is 12.2 Å². The molecule has 0 radical (unpaired) electrons. The van der Waals surface area contributed by atoms with Gasteiger partial charge in [0.2, 0.25) is 0 Å². The molecule has 5 heteroatoms. The molecule has 2 atom stereocenters. The summed E-state index contributed by atoms with van der Waals surface area (Å²) in [7, 11) is 0. The Morgan fingerprint density at radius 3 is 1.52 bits per heavy atom. The average molecular weight is 327 g/mol. The third-order valence-corrected chi connectivity index (χ3v) is 3.77. The van der Waals surface area contributed by atoms with Gasteiger partial charge in [-0.2, -0.15) is 0 Å². The second kappa shape index (κ2) is 7.78. The van der Waals surface area contributed by atoms with Crippen molar-refractivity contribution < 1.29 is 14.9 Å². The Labute approximate surface area is 133 Å². The highest BCUT2D eigenvalue weighted by molar-refractivity contribution is 6.31. The van der Waals surface area contributed by atoms with E-state index < -0.39 is 12.2 Å². The number of ether oxygens (including phenoxy) is 1. The molecule has 2 aromatic carbocycles. The Bertz CT molecular complexity index is 538. The summed E-state index contributed by atoms with van der Waals surface area (Å²) in [4.78, 5) is 0. The molecule has 112 valence electrons. The molecule has 0 aromatic heterocycles. The molecule has 0 spiro atoms. The summed E-state index contributed by atoms with van der Waals surface area (Å²) in [5.74, 6) is 0. The van der Waals surface area contributed by atoms with Gasteiger partial charge < -0.3 is 14.9 Å². The molecule has 0 saturated carbocycles. The first-order valence-electron chi connectivity index (χ1n) is 6.52. The molecular formula is C16H16Cl2O3. The van der Waals surface area contributed by atoms with Crippen molar-refractivity contribution in [3.8, 4) is 0 Å². The minimum absolute atomic E-state index is 0.0469. The Morgan fingerprint density at radius 2 is 1.14 bits per heavy atom. The van der Waals surface area contributed by atoms with Gasteiger partial charge in [0, 0.05) is 21.2 Å². The van der Waals surface area contributed by atoms with Crippen LogP contribution in [0.1, 0.15) is 23.3 Å². The second-order valence-corrected chi connectivity index (χ2v) is 5.43. The molecule has 0 bridgehead atoms. The van der Waals surface area contributed by atoms with Crippen LogP contribution in [-0.4, -0.2) is 23.4 Å². The van der Waals surface area contributed by atoms with Crippen LogP contribution in [0.5, 0.6) is 0 Å². The molecule has 0 amide bonds. The predicted molar refractivity (Wildman–Crippen MR) is 83.6 cm³/mol. The zero-order chi connectivity index (χ0) is 15.2. The first-order valence-corrected chi connectivity index (χ1v) is 7.28. The topological polar surface area (TPSA) is 49.7 Å². The molecule has 2 rings (SSSR count). The van der Waals surface area contributed by atoms with Crippen molar-refractivity contribution in [1.82, 2.24) is 0 Å². The maximum absolute atomic E-state index is 10.0. The quantitative estimate of drug-likeness (QED) is 0.849. The van der Waals surface area contributed by atoms with E-state index in [4.69, 9.17) is 27.9 Å². The summed E-state index contributed by atoms with van der Waals surface area (Å²) in [6.45, 7) is 0.0937. The SMILES string of the molecule is O[C@@H](COC[C@H](O)c1ccccc1Cl)c1ccccc1Cl. The van der Waals surface area contributed by atoms with E-state index in [9.17, 15) is 10.2 Å². The molecule has 3 nitrogen and oxygen atoms in total. The molecule has 0 aliphatic carbocycles. The number of rotatable bonds is 6. The van der Waals surface area contributed by atoms with Gasteiger partial charge in [-0.05, 0) is 12.1 Å². The summed E-state index contributed by atoms with van der Waals surface area (Å²) >= 11 is 12.0. The highest BCUT2D eigenvalue weighted by Crippen LogP contribution is 2.25. The summed E-state index contributed by atoms with van der Waals surface area (Å²) in [5, 5.41) is 21.0. The first-order chi connectivity index (χ1) is 10.1. The van der Waals surface area contributed by atoms with Crippen molar-refractivity contribution in [2.75, 3.05) is 13.2 Å². The zero-order valence-electron chi connectivity index (χ0n) is 11.2. The van der Waals surface area contributed by atoms with Gasteiger partial charge in [-0.1, -0.05) is 59.6 Å². The third-order valence-electron chi connectivity index (χ3n) is 3.08. The van der Waals surface area contributed by atoms with Gasteiger partial charge in [-0.25, -0.2) is 0 Å². The van der Waals surface area contributed by atoms with Gasteiger partial charge in [0.1, 0.15) is 12.2 Å². The van der Waals surface area contributed by atoms with Crippen LogP contribution in [0.2, 0.25) is 10.0 Å². The standard InChI is InChI=1S/C16H16Cl2O3/c17-13-7-3-1-5-11(13)15(19)9-21-10-16(20)12-6-2-4-8-14(12)18/h1-8,15-16,19-20H,9-10H2/t15-,16-/m0/s1. The Balaban J connectivity index is 1.87. The molecule has 2 N–H and O–H groups in total. The number of hydrogen-bond donors (Lipinski definition) is 2. The maximum Gasteiger partial charge on any atom is 0.104 e. The lowest BCUT2D eigenvalue weighted by Gasteiger charge is -2.16. The average Bonchev–Trinajstić information content (AvgIpc) is 2.48. The van der Waals surface area contributed by atoms with E-state index in [1.54, 1.807) is 48.5 Å². The Kier molecular flexibility index (Phi) is 6.03. The van der Waals surface area contributed by atoms with Crippen molar-refractivity contribution in [2.24, 2.45) is 0 Å². The zero-order valence-corrected chi connectivity index (χ0v) is 12.8. The van der Waals surface area contributed by atoms with Crippen LogP contribution >= 0.6 is 23.2 Å². The summed E-state index contributed by atoms with van der Waals surface area (Å²) in [6, 6.07) is 14.1. The fraction of sp³-hybridized carbons (Fsp3) is 0.250. The number of benzene rings is 2. The highest BCUT2D eigenvalue weighted by atomic mass is 35.5. The fourth-order valence-electron chi connectivity index (χ4n) is 1.96. The van der Waals surface area contributed by atoms with E-state index in [1.807, 2.05) is 0 Å². The lowest BCUT2D eigenvalue weighted by Crippen LogP contribution is -2.13. The normalized spacial score (nSPS) is 13.9. The van der Waals surface area contributed by atoms with Crippen molar-refractivity contribution in [3.63, 3.8) is 0 Å². The predicted octanol–water partition coefficient (Wildman–Crippen LogP) is 3.78. The molecule has 0 saturated heterocycles. The van der Waals surface area contributed by atoms with E-state index in [0.29, 0.717) is 21.2 Å². The van der Waals surface area contributed by atoms with Crippen molar-refractivity contribution in [3.05, 3.63) is 69.7 Å². The van der Waals surface area contributed by atoms with Gasteiger partial charge in [0.05, 0.1) is 13.2 Å². The second-order valence-electron chi connectivity index (χ2n) is 4.61. The molecule has 0 aliphatic heterocycles. The van der Waals surface area contributed by atoms with E-state index in [1.165, 1.54) is 0 Å². The number of hydrogen-bond acceptors (Lipinski definition) is 3. The molecular weight excluding hydrogens is 311 g/mol. The van der Waals surface area contributed by atoms with Crippen LogP contribution < -0.4 is 0 Å².